The van der Waals surface area contributed by atoms with E-state index in [1.807, 2.05) is 24.3 Å². The highest BCUT2D eigenvalue weighted by Gasteiger charge is 2.24. The molecule has 0 radical (unpaired) electrons. The molecule has 0 bridgehead atoms. The number of nitrogen functional groups attached to an aromatic ring is 1. The van der Waals surface area contributed by atoms with Gasteiger partial charge in [-0.25, -0.2) is 27.2 Å². The first-order valence-corrected chi connectivity index (χ1v) is 12.0. The van der Waals surface area contributed by atoms with Crippen molar-refractivity contribution in [3.8, 4) is 11.1 Å². The van der Waals surface area contributed by atoms with Crippen LogP contribution >= 0.6 is 0 Å². The van der Waals surface area contributed by atoms with Crippen LogP contribution in [0.4, 0.5) is 10.6 Å². The minimum absolute atomic E-state index is 0.138. The van der Waals surface area contributed by atoms with Gasteiger partial charge in [0.1, 0.15) is 17.7 Å². The zero-order valence-electron chi connectivity index (χ0n) is 19.0. The van der Waals surface area contributed by atoms with E-state index in [1.165, 1.54) is 24.7 Å². The summed E-state index contributed by atoms with van der Waals surface area (Å²) < 4.78 is 33.0. The van der Waals surface area contributed by atoms with Crippen LogP contribution in [0.5, 0.6) is 0 Å². The molecule has 176 valence electrons. The second-order valence-corrected chi connectivity index (χ2v) is 10.5. The zero-order chi connectivity index (χ0) is 24.5. The Kier molecular flexibility index (Phi) is 6.01. The van der Waals surface area contributed by atoms with Crippen molar-refractivity contribution in [1.29, 1.82) is 0 Å². The van der Waals surface area contributed by atoms with Crippen LogP contribution in [0.25, 0.3) is 22.2 Å². The van der Waals surface area contributed by atoms with Crippen LogP contribution in [0.15, 0.2) is 72.0 Å². The Labute approximate surface area is 197 Å². The summed E-state index contributed by atoms with van der Waals surface area (Å²) in [7, 11) is -3.90. The van der Waals surface area contributed by atoms with Gasteiger partial charge in [0.25, 0.3) is 10.0 Å². The molecule has 0 aliphatic heterocycles. The second-order valence-electron chi connectivity index (χ2n) is 8.67. The third kappa shape index (κ3) is 4.72. The minimum Gasteiger partial charge on any atom is -0.444 e. The number of ether oxygens (including phenoxy) is 1. The molecule has 2 aromatic heterocycles. The molecule has 4 rings (SSSR count). The van der Waals surface area contributed by atoms with Gasteiger partial charge in [-0.05, 0) is 44.0 Å². The smallest absolute Gasteiger partial charge is 0.407 e. The fraction of sp³-hybridized carbons (Fsp3) is 0.208. The SMILES string of the molecule is CC(C)(C)OC(=O)NCc1ccc(-c2cn(S(=O)(=O)c3ccccc3)c3ncnc(N)c23)cc1. The van der Waals surface area contributed by atoms with Crippen molar-refractivity contribution in [2.75, 3.05) is 5.73 Å². The maximum atomic E-state index is 13.3. The number of alkyl carbamates (subject to hydrolysis) is 1. The molecule has 0 aliphatic rings. The molecule has 10 heteroatoms. The van der Waals surface area contributed by atoms with E-state index in [0.29, 0.717) is 10.9 Å². The lowest BCUT2D eigenvalue weighted by atomic mass is 10.0. The Morgan fingerprint density at radius 2 is 1.74 bits per heavy atom. The number of hydrogen-bond acceptors (Lipinski definition) is 7. The van der Waals surface area contributed by atoms with Crippen LogP contribution in [0.3, 0.4) is 0 Å². The van der Waals surface area contributed by atoms with Crippen molar-refractivity contribution in [2.45, 2.75) is 37.8 Å². The van der Waals surface area contributed by atoms with E-state index in [1.54, 1.807) is 39.0 Å². The quantitative estimate of drug-likeness (QED) is 0.443. The second kappa shape index (κ2) is 8.79. The van der Waals surface area contributed by atoms with Crippen LogP contribution in [0, 0.1) is 0 Å². The Morgan fingerprint density at radius 1 is 1.06 bits per heavy atom. The summed E-state index contributed by atoms with van der Waals surface area (Å²) in [5.41, 5.74) is 7.91. The Balaban J connectivity index is 1.68. The maximum Gasteiger partial charge on any atom is 0.407 e. The van der Waals surface area contributed by atoms with E-state index in [4.69, 9.17) is 10.5 Å². The molecule has 2 aromatic carbocycles. The number of carbonyl (C=O) groups excluding carboxylic acids is 1. The average Bonchev–Trinajstić information content (AvgIpc) is 3.19. The number of aromatic nitrogens is 3. The molecule has 1 amide bonds. The lowest BCUT2D eigenvalue weighted by molar-refractivity contribution is 0.0523. The van der Waals surface area contributed by atoms with Crippen molar-refractivity contribution >= 4 is 33.0 Å². The summed E-state index contributed by atoms with van der Waals surface area (Å²) in [5, 5.41) is 3.16. The number of hydrogen-bond donors (Lipinski definition) is 2. The van der Waals surface area contributed by atoms with Crippen LogP contribution in [-0.2, 0) is 21.3 Å². The monoisotopic (exact) mass is 479 g/mol. The molecule has 0 aliphatic carbocycles. The van der Waals surface area contributed by atoms with Gasteiger partial charge >= 0.3 is 6.09 Å². The minimum atomic E-state index is -3.90. The number of nitrogens with zero attached hydrogens (tertiary/aromatic N) is 3. The molecular formula is C24H25N5O4S. The number of carbonyl (C=O) groups is 1. The van der Waals surface area contributed by atoms with E-state index in [2.05, 4.69) is 15.3 Å². The third-order valence-corrected chi connectivity index (χ3v) is 6.65. The first-order valence-electron chi connectivity index (χ1n) is 10.5. The Hall–Kier alpha value is -3.92. The van der Waals surface area contributed by atoms with Gasteiger partial charge in [0.05, 0.1) is 10.3 Å². The highest BCUT2D eigenvalue weighted by Crippen LogP contribution is 2.34. The molecule has 3 N–H and O–H groups in total. The van der Waals surface area contributed by atoms with E-state index in [0.717, 1.165) is 15.1 Å². The topological polar surface area (TPSA) is 129 Å². The van der Waals surface area contributed by atoms with Crippen LogP contribution in [0.1, 0.15) is 26.3 Å². The van der Waals surface area contributed by atoms with Gasteiger partial charge in [-0.15, -0.1) is 0 Å². The molecule has 4 aromatic rings. The van der Waals surface area contributed by atoms with E-state index < -0.39 is 21.7 Å². The average molecular weight is 480 g/mol. The van der Waals surface area contributed by atoms with Gasteiger partial charge in [-0.3, -0.25) is 0 Å². The molecule has 0 spiro atoms. The molecule has 34 heavy (non-hydrogen) atoms. The fourth-order valence-electron chi connectivity index (χ4n) is 3.46. The molecule has 0 atom stereocenters. The fourth-order valence-corrected chi connectivity index (χ4v) is 4.80. The molecule has 0 unspecified atom stereocenters. The summed E-state index contributed by atoms with van der Waals surface area (Å²) in [6.45, 7) is 5.67. The van der Waals surface area contributed by atoms with Gasteiger partial charge in [0.15, 0.2) is 5.65 Å². The lowest BCUT2D eigenvalue weighted by Gasteiger charge is -2.19. The summed E-state index contributed by atoms with van der Waals surface area (Å²) >= 11 is 0. The van der Waals surface area contributed by atoms with E-state index in [-0.39, 0.29) is 22.9 Å². The van der Waals surface area contributed by atoms with Gasteiger partial charge in [0.2, 0.25) is 0 Å². The normalized spacial score (nSPS) is 12.0. The van der Waals surface area contributed by atoms with Crippen molar-refractivity contribution in [1.82, 2.24) is 19.3 Å². The highest BCUT2D eigenvalue weighted by molar-refractivity contribution is 7.90. The van der Waals surface area contributed by atoms with Crippen molar-refractivity contribution in [3.63, 3.8) is 0 Å². The predicted octanol–water partition coefficient (Wildman–Crippen LogP) is 3.94. The molecule has 0 saturated heterocycles. The van der Waals surface area contributed by atoms with Crippen LogP contribution in [-0.4, -0.2) is 34.1 Å². The highest BCUT2D eigenvalue weighted by atomic mass is 32.2. The Morgan fingerprint density at radius 3 is 2.38 bits per heavy atom. The number of anilines is 1. The van der Waals surface area contributed by atoms with E-state index in [9.17, 15) is 13.2 Å². The lowest BCUT2D eigenvalue weighted by Crippen LogP contribution is -2.32. The number of amides is 1. The molecule has 0 fully saturated rings. The van der Waals surface area contributed by atoms with Crippen molar-refractivity contribution in [2.24, 2.45) is 0 Å². The number of benzene rings is 2. The summed E-state index contributed by atoms with van der Waals surface area (Å²) in [5.74, 6) is 0.178. The predicted molar refractivity (Wildman–Crippen MR) is 129 cm³/mol. The number of nitrogens with two attached hydrogens (primary N) is 1. The van der Waals surface area contributed by atoms with Crippen LogP contribution < -0.4 is 11.1 Å². The Bertz CT molecular complexity index is 1440. The first-order chi connectivity index (χ1) is 16.1. The largest absolute Gasteiger partial charge is 0.444 e. The first kappa shape index (κ1) is 23.2. The molecular weight excluding hydrogens is 454 g/mol. The van der Waals surface area contributed by atoms with Gasteiger partial charge in [-0.1, -0.05) is 42.5 Å². The molecule has 2 heterocycles. The zero-order valence-corrected chi connectivity index (χ0v) is 19.8. The summed E-state index contributed by atoms with van der Waals surface area (Å²) in [6.07, 6.45) is 2.24. The molecule has 0 saturated carbocycles. The number of fused-ring (bicyclic) bond motifs is 1. The maximum absolute atomic E-state index is 13.3. The number of nitrogens with one attached hydrogen (secondary N) is 1. The summed E-state index contributed by atoms with van der Waals surface area (Å²) in [4.78, 5) is 20.3. The molecule has 9 nitrogen and oxygen atoms in total. The van der Waals surface area contributed by atoms with Gasteiger partial charge < -0.3 is 15.8 Å². The van der Waals surface area contributed by atoms with E-state index >= 15 is 0 Å². The van der Waals surface area contributed by atoms with Crippen molar-refractivity contribution < 1.29 is 17.9 Å². The number of rotatable bonds is 5. The standard InChI is InChI=1S/C24H25N5O4S/c1-24(2,3)33-23(30)26-13-16-9-11-17(12-10-16)19-14-29(22-20(19)21(25)27-15-28-22)34(31,32)18-7-5-4-6-8-18/h4-12,14-15H,13H2,1-3H3,(H,26,30)(H2,25,27,28). The third-order valence-electron chi connectivity index (χ3n) is 4.98. The van der Waals surface area contributed by atoms with Crippen molar-refractivity contribution in [3.05, 3.63) is 72.7 Å². The summed E-state index contributed by atoms with van der Waals surface area (Å²) in [6, 6.07) is 15.4. The van der Waals surface area contributed by atoms with Gasteiger partial charge in [-0.2, -0.15) is 0 Å². The van der Waals surface area contributed by atoms with Crippen LogP contribution in [0.2, 0.25) is 0 Å². The van der Waals surface area contributed by atoms with Gasteiger partial charge in [0, 0.05) is 18.3 Å².